The number of nitrogens with zero attached hydrogens (tertiary/aromatic N) is 2. The van der Waals surface area contributed by atoms with Gasteiger partial charge in [0.15, 0.2) is 0 Å². The van der Waals surface area contributed by atoms with Crippen molar-refractivity contribution in [3.05, 3.63) is 18.0 Å². The van der Waals surface area contributed by atoms with Crippen molar-refractivity contribution in [2.75, 3.05) is 18.1 Å². The maximum Gasteiger partial charge on any atom is 0.150 e. The predicted octanol–water partition coefficient (Wildman–Crippen LogP) is 0.524. The molecule has 0 spiro atoms. The standard InChI is InChI=1S/C11H19N3O2S/c12-5-1-2-10-8-13-14(9-10)11-3-6-17(15,16)7-4-11/h8-9,11H,1-7,12H2. The van der Waals surface area contributed by atoms with E-state index in [-0.39, 0.29) is 17.5 Å². The Morgan fingerprint density at radius 3 is 2.76 bits per heavy atom. The maximum atomic E-state index is 11.3. The van der Waals surface area contributed by atoms with Crippen LogP contribution in [0.1, 0.15) is 30.9 Å². The third-order valence-electron chi connectivity index (χ3n) is 3.22. The fourth-order valence-electron chi connectivity index (χ4n) is 2.15. The highest BCUT2D eigenvalue weighted by atomic mass is 32.2. The van der Waals surface area contributed by atoms with Gasteiger partial charge in [-0.25, -0.2) is 8.42 Å². The van der Waals surface area contributed by atoms with Gasteiger partial charge >= 0.3 is 0 Å². The molecular weight excluding hydrogens is 238 g/mol. The minimum Gasteiger partial charge on any atom is -0.330 e. The van der Waals surface area contributed by atoms with Crippen LogP contribution in [-0.2, 0) is 16.3 Å². The van der Waals surface area contributed by atoms with E-state index in [9.17, 15) is 8.42 Å². The van der Waals surface area contributed by atoms with Crippen molar-refractivity contribution >= 4 is 9.84 Å². The zero-order valence-corrected chi connectivity index (χ0v) is 10.7. The Bertz CT molecular complexity index is 453. The second-order valence-electron chi connectivity index (χ2n) is 4.60. The van der Waals surface area contributed by atoms with E-state index in [1.54, 1.807) is 0 Å². The average Bonchev–Trinajstić information content (AvgIpc) is 2.75. The molecule has 1 aliphatic heterocycles. The van der Waals surface area contributed by atoms with E-state index in [1.165, 1.54) is 5.56 Å². The maximum absolute atomic E-state index is 11.3. The normalized spacial score (nSPS) is 20.5. The first kappa shape index (κ1) is 12.6. The molecule has 0 amide bonds. The van der Waals surface area contributed by atoms with E-state index in [0.29, 0.717) is 19.4 Å². The van der Waals surface area contributed by atoms with Crippen LogP contribution in [0.25, 0.3) is 0 Å². The number of hydrogen-bond acceptors (Lipinski definition) is 4. The molecule has 96 valence electrons. The number of nitrogens with two attached hydrogens (primary N) is 1. The quantitative estimate of drug-likeness (QED) is 0.853. The van der Waals surface area contributed by atoms with Crippen molar-refractivity contribution in [2.24, 2.45) is 5.73 Å². The van der Waals surface area contributed by atoms with Crippen LogP contribution in [0, 0.1) is 0 Å². The second-order valence-corrected chi connectivity index (χ2v) is 6.91. The molecule has 17 heavy (non-hydrogen) atoms. The van der Waals surface area contributed by atoms with Gasteiger partial charge in [0, 0.05) is 6.20 Å². The van der Waals surface area contributed by atoms with Crippen LogP contribution in [0.4, 0.5) is 0 Å². The highest BCUT2D eigenvalue weighted by molar-refractivity contribution is 7.91. The molecule has 5 nitrogen and oxygen atoms in total. The first-order chi connectivity index (χ1) is 8.11. The lowest BCUT2D eigenvalue weighted by Gasteiger charge is -2.22. The summed E-state index contributed by atoms with van der Waals surface area (Å²) in [5.41, 5.74) is 6.65. The molecule has 0 radical (unpaired) electrons. The first-order valence-electron chi connectivity index (χ1n) is 6.04. The van der Waals surface area contributed by atoms with Crippen molar-refractivity contribution < 1.29 is 8.42 Å². The molecule has 1 saturated heterocycles. The Morgan fingerprint density at radius 2 is 2.12 bits per heavy atom. The molecule has 0 saturated carbocycles. The highest BCUT2D eigenvalue weighted by Crippen LogP contribution is 2.23. The SMILES string of the molecule is NCCCc1cnn(C2CCS(=O)(=O)CC2)c1. The third kappa shape index (κ3) is 3.29. The number of rotatable bonds is 4. The number of sulfone groups is 1. The third-order valence-corrected chi connectivity index (χ3v) is 4.94. The number of hydrogen-bond donors (Lipinski definition) is 1. The smallest absolute Gasteiger partial charge is 0.150 e. The molecule has 2 N–H and O–H groups in total. The van der Waals surface area contributed by atoms with Gasteiger partial charge in [-0.1, -0.05) is 0 Å². The Kier molecular flexibility index (Phi) is 3.83. The highest BCUT2D eigenvalue weighted by Gasteiger charge is 2.25. The van der Waals surface area contributed by atoms with Crippen molar-refractivity contribution in [1.29, 1.82) is 0 Å². The number of aromatic nitrogens is 2. The Hall–Kier alpha value is -0.880. The monoisotopic (exact) mass is 257 g/mol. The van der Waals surface area contributed by atoms with Crippen LogP contribution < -0.4 is 5.73 Å². The molecule has 1 aliphatic rings. The second kappa shape index (κ2) is 5.18. The lowest BCUT2D eigenvalue weighted by atomic mass is 10.1. The molecular formula is C11H19N3O2S. The van der Waals surface area contributed by atoms with Crippen molar-refractivity contribution in [3.63, 3.8) is 0 Å². The lowest BCUT2D eigenvalue weighted by molar-refractivity contribution is 0.413. The van der Waals surface area contributed by atoms with Crippen LogP contribution in [0.2, 0.25) is 0 Å². The Labute approximate surface area is 102 Å². The van der Waals surface area contributed by atoms with Crippen LogP contribution in [0.3, 0.4) is 0 Å². The minimum atomic E-state index is -2.79. The van der Waals surface area contributed by atoms with E-state index < -0.39 is 9.84 Å². The van der Waals surface area contributed by atoms with E-state index >= 15 is 0 Å². The summed E-state index contributed by atoms with van der Waals surface area (Å²) in [4.78, 5) is 0. The zero-order valence-electron chi connectivity index (χ0n) is 9.88. The summed E-state index contributed by atoms with van der Waals surface area (Å²) in [6.45, 7) is 0.687. The van der Waals surface area contributed by atoms with E-state index in [1.807, 2.05) is 17.1 Å². The van der Waals surface area contributed by atoms with Crippen LogP contribution in [-0.4, -0.2) is 36.2 Å². The van der Waals surface area contributed by atoms with E-state index in [2.05, 4.69) is 5.10 Å². The van der Waals surface area contributed by atoms with Crippen molar-refractivity contribution in [1.82, 2.24) is 9.78 Å². The van der Waals surface area contributed by atoms with Crippen molar-refractivity contribution in [2.45, 2.75) is 31.7 Å². The summed E-state index contributed by atoms with van der Waals surface area (Å²) >= 11 is 0. The van der Waals surface area contributed by atoms with Gasteiger partial charge in [0.25, 0.3) is 0 Å². The molecule has 6 heteroatoms. The largest absolute Gasteiger partial charge is 0.330 e. The molecule has 0 bridgehead atoms. The van der Waals surface area contributed by atoms with Gasteiger partial charge in [-0.15, -0.1) is 0 Å². The summed E-state index contributed by atoms with van der Waals surface area (Å²) in [7, 11) is -2.79. The fourth-order valence-corrected chi connectivity index (χ4v) is 3.62. The number of aryl methyl sites for hydroxylation is 1. The molecule has 1 aromatic rings. The Morgan fingerprint density at radius 1 is 1.41 bits per heavy atom. The molecule has 0 aliphatic carbocycles. The molecule has 1 fully saturated rings. The van der Waals surface area contributed by atoms with Crippen LogP contribution in [0.5, 0.6) is 0 Å². The molecule has 0 aromatic carbocycles. The Balaban J connectivity index is 1.96. The van der Waals surface area contributed by atoms with Gasteiger partial charge in [0.05, 0.1) is 23.7 Å². The minimum absolute atomic E-state index is 0.241. The summed E-state index contributed by atoms with van der Waals surface area (Å²) in [6.07, 6.45) is 7.16. The van der Waals surface area contributed by atoms with E-state index in [4.69, 9.17) is 5.73 Å². The van der Waals surface area contributed by atoms with Gasteiger partial charge in [-0.2, -0.15) is 5.10 Å². The summed E-state index contributed by atoms with van der Waals surface area (Å²) in [5.74, 6) is 0.575. The summed E-state index contributed by atoms with van der Waals surface area (Å²) in [5, 5.41) is 4.32. The van der Waals surface area contributed by atoms with Gasteiger partial charge in [0.2, 0.25) is 0 Å². The molecule has 0 unspecified atom stereocenters. The van der Waals surface area contributed by atoms with Crippen LogP contribution in [0.15, 0.2) is 12.4 Å². The van der Waals surface area contributed by atoms with Gasteiger partial charge in [-0.05, 0) is 37.8 Å². The summed E-state index contributed by atoms with van der Waals surface area (Å²) < 4.78 is 24.6. The zero-order chi connectivity index (χ0) is 12.3. The van der Waals surface area contributed by atoms with Gasteiger partial charge in [0.1, 0.15) is 9.84 Å². The van der Waals surface area contributed by atoms with Crippen LogP contribution >= 0.6 is 0 Å². The molecule has 1 aromatic heterocycles. The molecule has 0 atom stereocenters. The lowest BCUT2D eigenvalue weighted by Crippen LogP contribution is -2.25. The fraction of sp³-hybridized carbons (Fsp3) is 0.727. The first-order valence-corrected chi connectivity index (χ1v) is 7.86. The predicted molar refractivity (Wildman–Crippen MR) is 66.5 cm³/mol. The van der Waals surface area contributed by atoms with E-state index in [0.717, 1.165) is 12.8 Å². The average molecular weight is 257 g/mol. The molecule has 2 rings (SSSR count). The topological polar surface area (TPSA) is 78.0 Å². The summed E-state index contributed by atoms with van der Waals surface area (Å²) in [6, 6.07) is 0.241. The van der Waals surface area contributed by atoms with Gasteiger partial charge in [-0.3, -0.25) is 4.68 Å². The van der Waals surface area contributed by atoms with Crippen molar-refractivity contribution in [3.8, 4) is 0 Å². The molecule has 2 heterocycles. The van der Waals surface area contributed by atoms with Gasteiger partial charge < -0.3 is 5.73 Å².